The molecule has 88 valence electrons. The lowest BCUT2D eigenvalue weighted by molar-refractivity contribution is 0.0519. The highest BCUT2D eigenvalue weighted by molar-refractivity contribution is 5.89. The molecule has 0 atom stereocenters. The van der Waals surface area contributed by atoms with Crippen LogP contribution >= 0.6 is 0 Å². The zero-order valence-electron chi connectivity index (χ0n) is 8.54. The van der Waals surface area contributed by atoms with Crippen molar-refractivity contribution in [2.45, 2.75) is 13.3 Å². The Kier molecular flexibility index (Phi) is 3.60. The predicted octanol–water partition coefficient (Wildman–Crippen LogP) is 1.36. The van der Waals surface area contributed by atoms with Crippen LogP contribution in [0.1, 0.15) is 29.4 Å². The fraction of sp³-hybridized carbons (Fsp3) is 0.333. The van der Waals surface area contributed by atoms with Crippen molar-refractivity contribution in [3.05, 3.63) is 17.3 Å². The van der Waals surface area contributed by atoms with E-state index in [-0.39, 0.29) is 18.0 Å². The van der Waals surface area contributed by atoms with E-state index in [4.69, 9.17) is 11.5 Å². The standard InChI is InChI=1S/C9H11F2N3O2/c1-2-16-9(15)5-3-4(12)6(7(10)11)8(13)14-5/h3,7H,2H2,1H3,(H4,12,13,14). The number of nitrogen functional groups attached to an aromatic ring is 2. The number of hydrogen-bond donors (Lipinski definition) is 2. The highest BCUT2D eigenvalue weighted by Crippen LogP contribution is 2.29. The van der Waals surface area contributed by atoms with Gasteiger partial charge in [-0.25, -0.2) is 18.6 Å². The van der Waals surface area contributed by atoms with Crippen LogP contribution in [0.15, 0.2) is 6.07 Å². The van der Waals surface area contributed by atoms with Crippen molar-refractivity contribution in [3.8, 4) is 0 Å². The lowest BCUT2D eigenvalue weighted by Gasteiger charge is -2.09. The third-order valence-corrected chi connectivity index (χ3v) is 1.82. The van der Waals surface area contributed by atoms with E-state index in [1.807, 2.05) is 0 Å². The summed E-state index contributed by atoms with van der Waals surface area (Å²) in [5.41, 5.74) is 9.61. The van der Waals surface area contributed by atoms with Crippen molar-refractivity contribution in [1.29, 1.82) is 0 Å². The van der Waals surface area contributed by atoms with Crippen molar-refractivity contribution in [1.82, 2.24) is 4.98 Å². The minimum absolute atomic E-state index is 0.150. The molecule has 0 aliphatic carbocycles. The van der Waals surface area contributed by atoms with Gasteiger partial charge in [0.25, 0.3) is 6.43 Å². The number of halogens is 2. The third kappa shape index (κ3) is 2.36. The predicted molar refractivity (Wildman–Crippen MR) is 54.0 cm³/mol. The monoisotopic (exact) mass is 231 g/mol. The quantitative estimate of drug-likeness (QED) is 0.766. The van der Waals surface area contributed by atoms with Crippen LogP contribution in [0, 0.1) is 0 Å². The first-order chi connectivity index (χ1) is 7.47. The lowest BCUT2D eigenvalue weighted by Crippen LogP contribution is -2.12. The summed E-state index contributed by atoms with van der Waals surface area (Å²) >= 11 is 0. The Hall–Kier alpha value is -1.92. The van der Waals surface area contributed by atoms with Gasteiger partial charge in [0.05, 0.1) is 12.2 Å². The van der Waals surface area contributed by atoms with Gasteiger partial charge in [0.2, 0.25) is 0 Å². The van der Waals surface area contributed by atoms with Gasteiger partial charge in [-0.3, -0.25) is 0 Å². The van der Waals surface area contributed by atoms with Gasteiger partial charge in [0, 0.05) is 5.69 Å². The largest absolute Gasteiger partial charge is 0.461 e. The number of carbonyl (C=O) groups is 1. The maximum atomic E-state index is 12.5. The molecule has 0 bridgehead atoms. The molecule has 0 amide bonds. The van der Waals surface area contributed by atoms with Crippen LogP contribution < -0.4 is 11.5 Å². The van der Waals surface area contributed by atoms with Crippen LogP contribution in [-0.2, 0) is 4.74 Å². The first-order valence-corrected chi connectivity index (χ1v) is 4.48. The summed E-state index contributed by atoms with van der Waals surface area (Å²) in [6.07, 6.45) is -2.83. The van der Waals surface area contributed by atoms with Crippen molar-refractivity contribution >= 4 is 17.5 Å². The van der Waals surface area contributed by atoms with E-state index in [0.29, 0.717) is 0 Å². The summed E-state index contributed by atoms with van der Waals surface area (Å²) in [6, 6.07) is 1.02. The number of esters is 1. The summed E-state index contributed by atoms with van der Waals surface area (Å²) in [7, 11) is 0. The molecule has 5 nitrogen and oxygen atoms in total. The highest BCUT2D eigenvalue weighted by Gasteiger charge is 2.20. The Balaban J connectivity index is 3.14. The minimum atomic E-state index is -2.83. The van der Waals surface area contributed by atoms with Crippen LogP contribution in [0.2, 0.25) is 0 Å². The van der Waals surface area contributed by atoms with Crippen LogP contribution in [-0.4, -0.2) is 17.6 Å². The molecule has 0 fully saturated rings. The van der Waals surface area contributed by atoms with Crippen LogP contribution in [0.25, 0.3) is 0 Å². The zero-order chi connectivity index (χ0) is 12.3. The number of alkyl halides is 2. The number of rotatable bonds is 3. The molecule has 0 aliphatic rings. The molecule has 0 spiro atoms. The van der Waals surface area contributed by atoms with Gasteiger partial charge in [0.1, 0.15) is 5.82 Å². The van der Waals surface area contributed by atoms with Crippen LogP contribution in [0.5, 0.6) is 0 Å². The van der Waals surface area contributed by atoms with Crippen molar-refractivity contribution in [3.63, 3.8) is 0 Å². The average molecular weight is 231 g/mol. The van der Waals surface area contributed by atoms with E-state index in [9.17, 15) is 13.6 Å². The molecule has 1 rings (SSSR count). The first kappa shape index (κ1) is 12.2. The second-order valence-electron chi connectivity index (χ2n) is 2.92. The van der Waals surface area contributed by atoms with E-state index in [1.54, 1.807) is 6.92 Å². The SMILES string of the molecule is CCOC(=O)c1cc(N)c(C(F)F)c(N)n1. The van der Waals surface area contributed by atoms with Gasteiger partial charge in [-0.1, -0.05) is 0 Å². The number of nitrogens with zero attached hydrogens (tertiary/aromatic N) is 1. The second-order valence-corrected chi connectivity index (χ2v) is 2.92. The Bertz CT molecular complexity index is 387. The number of carbonyl (C=O) groups excluding carboxylic acids is 1. The topological polar surface area (TPSA) is 91.2 Å². The maximum Gasteiger partial charge on any atom is 0.357 e. The van der Waals surface area contributed by atoms with Gasteiger partial charge in [-0.2, -0.15) is 0 Å². The number of hydrogen-bond acceptors (Lipinski definition) is 5. The van der Waals surface area contributed by atoms with Gasteiger partial charge in [-0.05, 0) is 13.0 Å². The van der Waals surface area contributed by atoms with Crippen LogP contribution in [0.4, 0.5) is 20.3 Å². The number of nitrogens with two attached hydrogens (primary N) is 2. The molecule has 7 heteroatoms. The van der Waals surface area contributed by atoms with E-state index >= 15 is 0 Å². The summed E-state index contributed by atoms with van der Waals surface area (Å²) in [6.45, 7) is 1.76. The Morgan fingerprint density at radius 3 is 2.62 bits per heavy atom. The van der Waals surface area contributed by atoms with Crippen molar-refractivity contribution in [2.75, 3.05) is 18.1 Å². The fourth-order valence-electron chi connectivity index (χ4n) is 1.14. The lowest BCUT2D eigenvalue weighted by atomic mass is 10.2. The van der Waals surface area contributed by atoms with Crippen molar-refractivity contribution < 1.29 is 18.3 Å². The summed E-state index contributed by atoms with van der Waals surface area (Å²) in [4.78, 5) is 14.8. The zero-order valence-corrected chi connectivity index (χ0v) is 8.54. The Labute approximate surface area is 90.4 Å². The smallest absolute Gasteiger partial charge is 0.357 e. The highest BCUT2D eigenvalue weighted by atomic mass is 19.3. The molecule has 4 N–H and O–H groups in total. The molecule has 1 heterocycles. The molecule has 1 aromatic heterocycles. The Morgan fingerprint density at radius 1 is 1.56 bits per heavy atom. The van der Waals surface area contributed by atoms with E-state index in [1.165, 1.54) is 0 Å². The van der Waals surface area contributed by atoms with Crippen molar-refractivity contribution in [2.24, 2.45) is 0 Å². The van der Waals surface area contributed by atoms with Crippen LogP contribution in [0.3, 0.4) is 0 Å². The summed E-state index contributed by atoms with van der Waals surface area (Å²) in [5.74, 6) is -1.21. The first-order valence-electron chi connectivity index (χ1n) is 4.48. The van der Waals surface area contributed by atoms with E-state index < -0.39 is 23.8 Å². The third-order valence-electron chi connectivity index (χ3n) is 1.82. The summed E-state index contributed by atoms with van der Waals surface area (Å²) < 4.78 is 29.5. The average Bonchev–Trinajstić information content (AvgIpc) is 2.16. The number of pyridine rings is 1. The summed E-state index contributed by atoms with van der Waals surface area (Å²) in [5, 5.41) is 0. The molecule has 0 saturated carbocycles. The number of aromatic nitrogens is 1. The molecule has 0 aromatic carbocycles. The van der Waals surface area contributed by atoms with E-state index in [0.717, 1.165) is 6.07 Å². The molecule has 0 saturated heterocycles. The maximum absolute atomic E-state index is 12.5. The van der Waals surface area contributed by atoms with Gasteiger partial charge >= 0.3 is 5.97 Å². The van der Waals surface area contributed by atoms with Gasteiger partial charge < -0.3 is 16.2 Å². The molecule has 16 heavy (non-hydrogen) atoms. The minimum Gasteiger partial charge on any atom is -0.461 e. The molecular weight excluding hydrogens is 220 g/mol. The molecular formula is C9H11F2N3O2. The van der Waals surface area contributed by atoms with Gasteiger partial charge in [0.15, 0.2) is 5.69 Å². The molecule has 0 aliphatic heterocycles. The van der Waals surface area contributed by atoms with E-state index in [2.05, 4.69) is 9.72 Å². The number of anilines is 2. The Morgan fingerprint density at radius 2 is 2.19 bits per heavy atom. The fourth-order valence-corrected chi connectivity index (χ4v) is 1.14. The number of ether oxygens (including phenoxy) is 1. The van der Waals surface area contributed by atoms with Gasteiger partial charge in [-0.15, -0.1) is 0 Å². The molecule has 0 radical (unpaired) electrons. The molecule has 0 unspecified atom stereocenters. The molecule has 1 aromatic rings. The normalized spacial score (nSPS) is 10.5. The second kappa shape index (κ2) is 4.73.